The van der Waals surface area contributed by atoms with Crippen molar-refractivity contribution in [2.24, 2.45) is 23.7 Å². The summed E-state index contributed by atoms with van der Waals surface area (Å²) in [5.74, 6) is -0.366. The van der Waals surface area contributed by atoms with Crippen molar-refractivity contribution in [3.63, 3.8) is 0 Å². The smallest absolute Gasteiger partial charge is 0.308 e. The lowest BCUT2D eigenvalue weighted by atomic mass is 9.47. The van der Waals surface area contributed by atoms with Gasteiger partial charge in [0.15, 0.2) is 5.60 Å². The van der Waals surface area contributed by atoms with Crippen molar-refractivity contribution in [3.8, 4) is 5.75 Å². The van der Waals surface area contributed by atoms with E-state index in [0.717, 1.165) is 25.7 Å². The molecule has 26 heavy (non-hydrogen) atoms. The van der Waals surface area contributed by atoms with Crippen LogP contribution in [0.25, 0.3) is 0 Å². The minimum absolute atomic E-state index is 0.139. The molecule has 1 aliphatic heterocycles. The molecule has 1 atom stereocenters. The monoisotopic (exact) mass is 381 g/mol. The van der Waals surface area contributed by atoms with Gasteiger partial charge in [-0.1, -0.05) is 17.7 Å². The summed E-state index contributed by atoms with van der Waals surface area (Å²) in [6, 6.07) is 4.76. The molecule has 4 aliphatic carbocycles. The molecule has 4 bridgehead atoms. The largest absolute Gasteiger partial charge is 0.425 e. The van der Waals surface area contributed by atoms with Gasteiger partial charge in [0.1, 0.15) is 5.75 Å². The maximum absolute atomic E-state index is 11.5. The van der Waals surface area contributed by atoms with Gasteiger partial charge >= 0.3 is 5.97 Å². The van der Waals surface area contributed by atoms with Gasteiger partial charge in [-0.25, -0.2) is 4.89 Å². The minimum atomic E-state index is -2.70. The van der Waals surface area contributed by atoms with Crippen LogP contribution in [0.3, 0.4) is 0 Å². The van der Waals surface area contributed by atoms with Crippen molar-refractivity contribution in [3.05, 3.63) is 28.8 Å². The van der Waals surface area contributed by atoms with E-state index in [-0.39, 0.29) is 22.6 Å². The fraction of sp³-hybridized carbons (Fsp3) is 0.650. The second-order valence-corrected chi connectivity index (χ2v) is 8.63. The molecule has 1 aromatic carbocycles. The molecule has 5 fully saturated rings. The standard InChI is InChI=1S/C20H23ClO5/c1-11(22)24-18-10-14(3-4-17(18)21)20(23-2)19(25-26-20)15-6-12-5-13(8-15)9-16(19)7-12/h3-4,10,12-13,15-16H,5-9H2,1-2H3/i2D3. The van der Waals surface area contributed by atoms with Crippen LogP contribution < -0.4 is 4.74 Å². The van der Waals surface area contributed by atoms with E-state index in [1.807, 2.05) is 0 Å². The van der Waals surface area contributed by atoms with Gasteiger partial charge in [0.2, 0.25) is 0 Å². The SMILES string of the molecule is [2H]C([2H])([2H])OC1(c2ccc(Cl)c(OC(C)=O)c2)OOC12C1CC3CC(C1)CC2C3. The Morgan fingerprint density at radius 2 is 1.88 bits per heavy atom. The van der Waals surface area contributed by atoms with Crippen molar-refractivity contribution < 1.29 is 28.2 Å². The molecule has 0 radical (unpaired) electrons. The summed E-state index contributed by atoms with van der Waals surface area (Å²) in [7, 11) is -2.70. The van der Waals surface area contributed by atoms with Gasteiger partial charge in [-0.2, -0.15) is 4.89 Å². The third-order valence-electron chi connectivity index (χ3n) is 6.87. The van der Waals surface area contributed by atoms with E-state index < -0.39 is 24.4 Å². The Labute approximate surface area is 162 Å². The molecule has 5 nitrogen and oxygen atoms in total. The van der Waals surface area contributed by atoms with E-state index in [9.17, 15) is 4.79 Å². The van der Waals surface area contributed by atoms with Crippen LogP contribution in [0.15, 0.2) is 18.2 Å². The first-order valence-corrected chi connectivity index (χ1v) is 9.56. The third-order valence-corrected chi connectivity index (χ3v) is 7.18. The highest BCUT2D eigenvalue weighted by molar-refractivity contribution is 6.32. The summed E-state index contributed by atoms with van der Waals surface area (Å²) in [6.45, 7) is 1.28. The topological polar surface area (TPSA) is 54.0 Å². The lowest BCUT2D eigenvalue weighted by Crippen LogP contribution is -2.76. The van der Waals surface area contributed by atoms with Crippen LogP contribution in [-0.4, -0.2) is 18.6 Å². The number of methoxy groups -OCH3 is 1. The van der Waals surface area contributed by atoms with Gasteiger partial charge in [0, 0.05) is 19.5 Å². The highest BCUT2D eigenvalue weighted by Gasteiger charge is 2.76. The van der Waals surface area contributed by atoms with Crippen LogP contribution in [0.2, 0.25) is 5.02 Å². The van der Waals surface area contributed by atoms with Gasteiger partial charge in [-0.05, 0) is 67.9 Å². The molecule has 1 unspecified atom stereocenters. The molecule has 1 saturated heterocycles. The molecule has 0 amide bonds. The van der Waals surface area contributed by atoms with Crippen molar-refractivity contribution in [1.82, 2.24) is 0 Å². The number of hydrogen-bond acceptors (Lipinski definition) is 5. The van der Waals surface area contributed by atoms with E-state index in [1.165, 1.54) is 19.4 Å². The van der Waals surface area contributed by atoms with Crippen molar-refractivity contribution in [1.29, 1.82) is 0 Å². The Hall–Kier alpha value is -1.14. The fourth-order valence-electron chi connectivity index (χ4n) is 6.14. The fourth-order valence-corrected chi connectivity index (χ4v) is 6.30. The van der Waals surface area contributed by atoms with Gasteiger partial charge in [0.25, 0.3) is 5.79 Å². The predicted octanol–water partition coefficient (Wildman–Crippen LogP) is 4.22. The zero-order valence-corrected chi connectivity index (χ0v) is 15.3. The molecule has 6 heteroatoms. The Bertz CT molecular complexity index is 829. The molecule has 6 rings (SSSR count). The summed E-state index contributed by atoms with van der Waals surface area (Å²) in [6.07, 6.45) is 5.16. The normalized spacial score (nSPS) is 44.9. The third kappa shape index (κ3) is 2.06. The van der Waals surface area contributed by atoms with Crippen LogP contribution in [0.5, 0.6) is 5.75 Å². The van der Waals surface area contributed by atoms with Crippen LogP contribution >= 0.6 is 11.6 Å². The molecule has 0 N–H and O–H groups in total. The van der Waals surface area contributed by atoms with Crippen LogP contribution in [0.1, 0.15) is 48.7 Å². The zero-order chi connectivity index (χ0) is 20.6. The molecule has 4 saturated carbocycles. The van der Waals surface area contributed by atoms with Crippen LogP contribution in [-0.2, 0) is 25.1 Å². The summed E-state index contributed by atoms with van der Waals surface area (Å²) >= 11 is 6.18. The second kappa shape index (κ2) is 5.68. The molecule has 0 aromatic heterocycles. The molecule has 1 heterocycles. The first-order chi connectivity index (χ1) is 13.6. The van der Waals surface area contributed by atoms with Gasteiger partial charge in [0.05, 0.1) is 9.13 Å². The Balaban J connectivity index is 1.62. The van der Waals surface area contributed by atoms with E-state index in [2.05, 4.69) is 0 Å². The molecular weight excluding hydrogens is 356 g/mol. The zero-order valence-electron chi connectivity index (χ0n) is 17.5. The Morgan fingerprint density at radius 1 is 1.19 bits per heavy atom. The molecular formula is C20H23ClO5. The molecule has 5 aliphatic rings. The van der Waals surface area contributed by atoms with E-state index in [0.29, 0.717) is 17.4 Å². The first kappa shape index (κ1) is 13.9. The summed E-state index contributed by atoms with van der Waals surface area (Å²) in [4.78, 5) is 22.9. The molecule has 140 valence electrons. The lowest BCUT2D eigenvalue weighted by Gasteiger charge is -2.68. The van der Waals surface area contributed by atoms with Crippen LogP contribution in [0.4, 0.5) is 0 Å². The molecule has 1 aromatic rings. The highest BCUT2D eigenvalue weighted by Crippen LogP contribution is 2.69. The average Bonchev–Trinajstić information content (AvgIpc) is 2.59. The number of carbonyl (C=O) groups is 1. The Kier molecular flexibility index (Phi) is 3.05. The van der Waals surface area contributed by atoms with Gasteiger partial charge in [-0.3, -0.25) is 4.79 Å². The quantitative estimate of drug-likeness (QED) is 0.445. The maximum Gasteiger partial charge on any atom is 0.308 e. The number of benzene rings is 1. The van der Waals surface area contributed by atoms with Crippen molar-refractivity contribution in [2.75, 3.05) is 7.04 Å². The van der Waals surface area contributed by atoms with E-state index in [1.54, 1.807) is 12.1 Å². The number of rotatable bonds is 3. The van der Waals surface area contributed by atoms with Gasteiger partial charge < -0.3 is 9.47 Å². The number of halogens is 1. The van der Waals surface area contributed by atoms with Crippen molar-refractivity contribution in [2.45, 2.75) is 50.4 Å². The second-order valence-electron chi connectivity index (χ2n) is 8.22. The number of ether oxygens (including phenoxy) is 2. The van der Waals surface area contributed by atoms with Crippen LogP contribution in [0, 0.1) is 23.7 Å². The number of carbonyl (C=O) groups excluding carboxylic acids is 1. The minimum Gasteiger partial charge on any atom is -0.425 e. The lowest BCUT2D eigenvalue weighted by molar-refractivity contribution is -0.645. The summed E-state index contributed by atoms with van der Waals surface area (Å²) in [5.41, 5.74) is -0.427. The van der Waals surface area contributed by atoms with Crippen molar-refractivity contribution >= 4 is 17.6 Å². The predicted molar refractivity (Wildman–Crippen MR) is 93.4 cm³/mol. The number of esters is 1. The highest BCUT2D eigenvalue weighted by atomic mass is 35.5. The Morgan fingerprint density at radius 3 is 2.42 bits per heavy atom. The summed E-state index contributed by atoms with van der Waals surface area (Å²) in [5, 5.41) is 0.243. The van der Waals surface area contributed by atoms with Gasteiger partial charge in [-0.15, -0.1) is 0 Å². The first-order valence-electron chi connectivity index (χ1n) is 10.7. The van der Waals surface area contributed by atoms with E-state index >= 15 is 0 Å². The van der Waals surface area contributed by atoms with E-state index in [4.69, 9.17) is 35.0 Å². The summed E-state index contributed by atoms with van der Waals surface area (Å²) < 4.78 is 34.3. The molecule has 1 spiro atoms. The average molecular weight is 382 g/mol. The number of hydrogen-bond donors (Lipinski definition) is 0. The maximum atomic E-state index is 11.5.